The zero-order valence-corrected chi connectivity index (χ0v) is 12.4. The third-order valence-electron chi connectivity index (χ3n) is 3.69. The third-order valence-corrected chi connectivity index (χ3v) is 3.69. The second-order valence-corrected chi connectivity index (χ2v) is 5.38. The number of amides is 1. The number of ether oxygens (including phenoxy) is 1. The zero-order chi connectivity index (χ0) is 16.2. The minimum absolute atomic E-state index is 0.0350. The maximum Gasteiger partial charge on any atom is 0.227 e. The summed E-state index contributed by atoms with van der Waals surface area (Å²) in [7, 11) is 0. The smallest absolute Gasteiger partial charge is 0.227 e. The fraction of sp³-hybridized carbons (Fsp3) is 0.400. The summed E-state index contributed by atoms with van der Waals surface area (Å²) in [5, 5.41) is 7.60. The van der Waals surface area contributed by atoms with Gasteiger partial charge in [0.25, 0.3) is 0 Å². The molecule has 0 aliphatic carbocycles. The van der Waals surface area contributed by atoms with Gasteiger partial charge in [0.15, 0.2) is 11.6 Å². The van der Waals surface area contributed by atoms with Gasteiger partial charge < -0.3 is 9.64 Å². The van der Waals surface area contributed by atoms with E-state index in [9.17, 15) is 13.6 Å². The molecule has 23 heavy (non-hydrogen) atoms. The highest BCUT2D eigenvalue weighted by molar-refractivity contribution is 5.78. The Bertz CT molecular complexity index is 678. The predicted molar refractivity (Wildman–Crippen MR) is 76.4 cm³/mol. The molecule has 2 aromatic rings. The summed E-state index contributed by atoms with van der Waals surface area (Å²) in [5.41, 5.74) is 0.452. The first-order valence-electron chi connectivity index (χ1n) is 7.29. The molecule has 1 aliphatic heterocycles. The molecule has 1 aromatic heterocycles. The van der Waals surface area contributed by atoms with E-state index < -0.39 is 11.6 Å². The number of morpholine rings is 1. The molecule has 6 nitrogen and oxygen atoms in total. The average Bonchev–Trinajstić information content (AvgIpc) is 3.04. The predicted octanol–water partition coefficient (Wildman–Crippen LogP) is 1.03. The Morgan fingerprint density at radius 1 is 1.35 bits per heavy atom. The van der Waals surface area contributed by atoms with Crippen LogP contribution in [0.25, 0.3) is 0 Å². The molecule has 1 unspecified atom stereocenters. The molecule has 3 rings (SSSR count). The monoisotopic (exact) mass is 322 g/mol. The number of nitrogens with zero attached hydrogens (tertiary/aromatic N) is 4. The number of halogens is 2. The van der Waals surface area contributed by atoms with Crippen molar-refractivity contribution in [2.75, 3.05) is 19.7 Å². The third kappa shape index (κ3) is 3.89. The van der Waals surface area contributed by atoms with Gasteiger partial charge in [0.2, 0.25) is 5.91 Å². The Labute approximate surface area is 131 Å². The lowest BCUT2D eigenvalue weighted by Gasteiger charge is -2.33. The van der Waals surface area contributed by atoms with Crippen LogP contribution in [0.3, 0.4) is 0 Å². The molecule has 1 saturated heterocycles. The highest BCUT2D eigenvalue weighted by Gasteiger charge is 2.25. The largest absolute Gasteiger partial charge is 0.373 e. The standard InChI is InChI=1S/C15H16F2N4O2/c16-13-2-1-11(7-14(13)17)8-15(22)20-5-6-23-12(9-20)10-21-4-3-18-19-21/h1-4,7,12H,5-6,8-10H2. The highest BCUT2D eigenvalue weighted by Crippen LogP contribution is 2.13. The van der Waals surface area contributed by atoms with Crippen molar-refractivity contribution in [1.82, 2.24) is 19.9 Å². The van der Waals surface area contributed by atoms with Crippen LogP contribution < -0.4 is 0 Å². The van der Waals surface area contributed by atoms with Crippen molar-refractivity contribution in [3.05, 3.63) is 47.8 Å². The van der Waals surface area contributed by atoms with Crippen molar-refractivity contribution < 1.29 is 18.3 Å². The van der Waals surface area contributed by atoms with Gasteiger partial charge >= 0.3 is 0 Å². The lowest BCUT2D eigenvalue weighted by Crippen LogP contribution is -2.47. The van der Waals surface area contributed by atoms with Gasteiger partial charge in [-0.05, 0) is 17.7 Å². The van der Waals surface area contributed by atoms with Crippen LogP contribution in [-0.4, -0.2) is 51.6 Å². The van der Waals surface area contributed by atoms with Gasteiger partial charge in [0, 0.05) is 19.3 Å². The second-order valence-electron chi connectivity index (χ2n) is 5.38. The molecule has 0 saturated carbocycles. The molecule has 1 amide bonds. The highest BCUT2D eigenvalue weighted by atomic mass is 19.2. The van der Waals surface area contributed by atoms with E-state index in [0.29, 0.717) is 31.8 Å². The molecule has 1 fully saturated rings. The molecule has 1 atom stereocenters. The van der Waals surface area contributed by atoms with Crippen LogP contribution in [0.1, 0.15) is 5.56 Å². The fourth-order valence-electron chi connectivity index (χ4n) is 2.53. The Morgan fingerprint density at radius 2 is 2.22 bits per heavy atom. The van der Waals surface area contributed by atoms with Crippen molar-refractivity contribution in [3.63, 3.8) is 0 Å². The SMILES string of the molecule is O=C(Cc1ccc(F)c(F)c1)N1CCOC(Cn2ccnn2)C1. The molecule has 0 radical (unpaired) electrons. The van der Waals surface area contributed by atoms with Crippen LogP contribution in [0, 0.1) is 11.6 Å². The number of hydrogen-bond acceptors (Lipinski definition) is 4. The van der Waals surface area contributed by atoms with E-state index in [4.69, 9.17) is 4.74 Å². The first-order chi connectivity index (χ1) is 11.1. The number of hydrogen-bond donors (Lipinski definition) is 0. The second kappa shape index (κ2) is 6.82. The normalized spacial score (nSPS) is 18.2. The van der Waals surface area contributed by atoms with Gasteiger partial charge in [-0.2, -0.15) is 0 Å². The van der Waals surface area contributed by atoms with Gasteiger partial charge in [-0.15, -0.1) is 5.10 Å². The molecule has 2 heterocycles. The van der Waals surface area contributed by atoms with Gasteiger partial charge in [-0.1, -0.05) is 11.3 Å². The van der Waals surface area contributed by atoms with E-state index in [2.05, 4.69) is 10.3 Å². The molecule has 1 aromatic carbocycles. The fourth-order valence-corrected chi connectivity index (χ4v) is 2.53. The van der Waals surface area contributed by atoms with Crippen LogP contribution in [0.2, 0.25) is 0 Å². The minimum Gasteiger partial charge on any atom is -0.373 e. The van der Waals surface area contributed by atoms with Crippen LogP contribution in [0.15, 0.2) is 30.6 Å². The molecule has 8 heteroatoms. The van der Waals surface area contributed by atoms with Crippen molar-refractivity contribution >= 4 is 5.91 Å². The quantitative estimate of drug-likeness (QED) is 0.843. The number of rotatable bonds is 4. The molecule has 1 aliphatic rings. The lowest BCUT2D eigenvalue weighted by atomic mass is 10.1. The summed E-state index contributed by atoms with van der Waals surface area (Å²) in [4.78, 5) is 14.0. The number of carbonyl (C=O) groups excluding carboxylic acids is 1. The Morgan fingerprint density at radius 3 is 2.96 bits per heavy atom. The average molecular weight is 322 g/mol. The topological polar surface area (TPSA) is 60.2 Å². The summed E-state index contributed by atoms with van der Waals surface area (Å²) in [6.07, 6.45) is 3.17. The summed E-state index contributed by atoms with van der Waals surface area (Å²) in [6, 6.07) is 3.51. The van der Waals surface area contributed by atoms with E-state index in [0.717, 1.165) is 12.1 Å². The Kier molecular flexibility index (Phi) is 4.61. The lowest BCUT2D eigenvalue weighted by molar-refractivity contribution is -0.138. The minimum atomic E-state index is -0.943. The summed E-state index contributed by atoms with van der Waals surface area (Å²) >= 11 is 0. The van der Waals surface area contributed by atoms with E-state index >= 15 is 0 Å². The van der Waals surface area contributed by atoms with Crippen molar-refractivity contribution in [2.24, 2.45) is 0 Å². The molecule has 0 spiro atoms. The summed E-state index contributed by atoms with van der Waals surface area (Å²) < 4.78 is 33.4. The molecule has 122 valence electrons. The summed E-state index contributed by atoms with van der Waals surface area (Å²) in [5.74, 6) is -2.00. The van der Waals surface area contributed by atoms with Crippen molar-refractivity contribution in [1.29, 1.82) is 0 Å². The van der Waals surface area contributed by atoms with Crippen molar-refractivity contribution in [3.8, 4) is 0 Å². The maximum absolute atomic E-state index is 13.2. The van der Waals surface area contributed by atoms with Crippen molar-refractivity contribution in [2.45, 2.75) is 19.1 Å². The summed E-state index contributed by atoms with van der Waals surface area (Å²) in [6.45, 7) is 1.86. The number of carbonyl (C=O) groups is 1. The van der Waals surface area contributed by atoms with Crippen LogP contribution in [-0.2, 0) is 22.5 Å². The maximum atomic E-state index is 13.2. The van der Waals surface area contributed by atoms with Crippen LogP contribution >= 0.6 is 0 Å². The van der Waals surface area contributed by atoms with Crippen LogP contribution in [0.5, 0.6) is 0 Å². The van der Waals surface area contributed by atoms with Gasteiger partial charge in [0.05, 0.1) is 31.9 Å². The molecule has 0 bridgehead atoms. The Balaban J connectivity index is 1.59. The van der Waals surface area contributed by atoms with E-state index in [-0.39, 0.29) is 18.4 Å². The first kappa shape index (κ1) is 15.5. The molecular formula is C15H16F2N4O2. The van der Waals surface area contributed by atoms with Gasteiger partial charge in [-0.3, -0.25) is 4.79 Å². The van der Waals surface area contributed by atoms with E-state index in [1.165, 1.54) is 6.07 Å². The zero-order valence-electron chi connectivity index (χ0n) is 12.4. The van der Waals surface area contributed by atoms with E-state index in [1.54, 1.807) is 22.0 Å². The van der Waals surface area contributed by atoms with Gasteiger partial charge in [0.1, 0.15) is 0 Å². The Hall–Kier alpha value is -2.35. The molecule has 0 N–H and O–H groups in total. The number of benzene rings is 1. The van der Waals surface area contributed by atoms with Gasteiger partial charge in [-0.25, -0.2) is 13.5 Å². The number of aromatic nitrogens is 3. The van der Waals surface area contributed by atoms with Crippen LogP contribution in [0.4, 0.5) is 8.78 Å². The molecular weight excluding hydrogens is 306 g/mol. The first-order valence-corrected chi connectivity index (χ1v) is 7.29. The van der Waals surface area contributed by atoms with E-state index in [1.807, 2.05) is 0 Å².